The van der Waals surface area contributed by atoms with Gasteiger partial charge < -0.3 is 15.0 Å². The Labute approximate surface area is 259 Å². The highest BCUT2D eigenvalue weighted by molar-refractivity contribution is 7.92. The topological polar surface area (TPSA) is 139 Å². The van der Waals surface area contributed by atoms with E-state index in [1.54, 1.807) is 19.1 Å². The third-order valence-electron chi connectivity index (χ3n) is 7.59. The zero-order valence-electron chi connectivity index (χ0n) is 25.9. The fourth-order valence-electron chi connectivity index (χ4n) is 4.68. The molecule has 11 nitrogen and oxygen atoms in total. The fourth-order valence-corrected chi connectivity index (χ4v) is 6.12. The Morgan fingerprint density at radius 3 is 2.20 bits per heavy atom. The lowest BCUT2D eigenvalue weighted by molar-refractivity contribution is -0.385. The van der Waals surface area contributed by atoms with Crippen LogP contribution < -0.4 is 14.4 Å². The van der Waals surface area contributed by atoms with Crippen LogP contribution >= 0.6 is 0 Å². The number of benzene rings is 3. The standard InChI is InChI=1S/C32H40N4O7S/c1-7-24(5)33-32(38)29(8-2)34(20-25-12-10-9-11-22(25)3)31(37)21-35(26-14-16-27(43-6)17-15-26)44(41,42)28-18-13-23(4)30(19-28)36(39)40/h9-19,24,29H,7-8,20-21H2,1-6H3,(H,33,38)/t24-,29+/m0/s1. The second-order valence-corrected chi connectivity index (χ2v) is 12.5. The summed E-state index contributed by atoms with van der Waals surface area (Å²) >= 11 is 0. The molecule has 3 aromatic rings. The molecular formula is C32H40N4O7S. The number of ether oxygens (including phenoxy) is 1. The predicted octanol–water partition coefficient (Wildman–Crippen LogP) is 5.14. The number of hydrogen-bond acceptors (Lipinski definition) is 7. The maximum Gasteiger partial charge on any atom is 0.273 e. The number of nitro groups is 1. The first-order valence-corrected chi connectivity index (χ1v) is 15.8. The molecule has 44 heavy (non-hydrogen) atoms. The quantitative estimate of drug-likeness (QED) is 0.194. The SMILES string of the molecule is CC[C@H](C(=O)N[C@@H](C)CC)N(Cc1ccccc1C)C(=O)CN(c1ccc(OC)cc1)S(=O)(=O)c1ccc(C)c([N+](=O)[O-])c1. The fraction of sp³-hybridized carbons (Fsp3) is 0.375. The highest BCUT2D eigenvalue weighted by atomic mass is 32.2. The van der Waals surface area contributed by atoms with E-state index in [1.165, 1.54) is 43.2 Å². The van der Waals surface area contributed by atoms with Gasteiger partial charge in [0.1, 0.15) is 18.3 Å². The lowest BCUT2D eigenvalue weighted by Gasteiger charge is -2.34. The molecule has 0 spiro atoms. The summed E-state index contributed by atoms with van der Waals surface area (Å²) in [5.74, 6) is -0.477. The molecule has 0 heterocycles. The molecular weight excluding hydrogens is 584 g/mol. The Kier molecular flexibility index (Phi) is 11.5. The molecule has 0 radical (unpaired) electrons. The lowest BCUT2D eigenvalue weighted by atomic mass is 10.1. The number of nitrogens with one attached hydrogen (secondary N) is 1. The maximum absolute atomic E-state index is 14.2. The van der Waals surface area contributed by atoms with Gasteiger partial charge in [-0.25, -0.2) is 8.42 Å². The van der Waals surface area contributed by atoms with Crippen LogP contribution in [0, 0.1) is 24.0 Å². The van der Waals surface area contributed by atoms with E-state index < -0.39 is 33.4 Å². The Hall–Kier alpha value is -4.45. The Bertz CT molecular complexity index is 1590. The van der Waals surface area contributed by atoms with Crippen LogP contribution in [-0.4, -0.2) is 55.8 Å². The van der Waals surface area contributed by atoms with Crippen molar-refractivity contribution in [3.63, 3.8) is 0 Å². The van der Waals surface area contributed by atoms with Gasteiger partial charge in [0, 0.05) is 24.2 Å². The molecule has 12 heteroatoms. The molecule has 0 aromatic heterocycles. The van der Waals surface area contributed by atoms with Crippen molar-refractivity contribution in [3.05, 3.63) is 93.5 Å². The van der Waals surface area contributed by atoms with Crippen LogP contribution in [0.15, 0.2) is 71.6 Å². The summed E-state index contributed by atoms with van der Waals surface area (Å²) in [5, 5.41) is 14.6. The molecule has 0 aliphatic heterocycles. The van der Waals surface area contributed by atoms with Crippen LogP contribution in [0.3, 0.4) is 0 Å². The van der Waals surface area contributed by atoms with Crippen LogP contribution in [0.1, 0.15) is 50.3 Å². The lowest BCUT2D eigenvalue weighted by Crippen LogP contribution is -2.53. The van der Waals surface area contributed by atoms with Crippen molar-refractivity contribution in [2.24, 2.45) is 0 Å². The summed E-state index contributed by atoms with van der Waals surface area (Å²) in [4.78, 5) is 39.7. The number of aryl methyl sites for hydroxylation is 2. The second-order valence-electron chi connectivity index (χ2n) is 10.6. The molecule has 0 aliphatic rings. The van der Waals surface area contributed by atoms with Crippen molar-refractivity contribution in [1.82, 2.24) is 10.2 Å². The molecule has 2 atom stereocenters. The van der Waals surface area contributed by atoms with Gasteiger partial charge in [-0.2, -0.15) is 0 Å². The molecule has 2 amide bonds. The smallest absolute Gasteiger partial charge is 0.273 e. The van der Waals surface area contributed by atoms with Gasteiger partial charge in [-0.3, -0.25) is 24.0 Å². The minimum atomic E-state index is -4.49. The van der Waals surface area contributed by atoms with Crippen LogP contribution in [0.25, 0.3) is 0 Å². The molecule has 3 rings (SSSR count). The van der Waals surface area contributed by atoms with Crippen LogP contribution in [-0.2, 0) is 26.2 Å². The molecule has 236 valence electrons. The first-order chi connectivity index (χ1) is 20.8. The van der Waals surface area contributed by atoms with Gasteiger partial charge in [0.05, 0.1) is 22.6 Å². The number of rotatable bonds is 14. The highest BCUT2D eigenvalue weighted by Crippen LogP contribution is 2.29. The van der Waals surface area contributed by atoms with E-state index >= 15 is 0 Å². The number of carbonyl (C=O) groups excluding carboxylic acids is 2. The number of carbonyl (C=O) groups is 2. The van der Waals surface area contributed by atoms with E-state index in [2.05, 4.69) is 5.32 Å². The number of sulfonamides is 1. The third kappa shape index (κ3) is 7.93. The van der Waals surface area contributed by atoms with E-state index in [0.29, 0.717) is 24.2 Å². The van der Waals surface area contributed by atoms with E-state index in [9.17, 15) is 28.1 Å². The summed E-state index contributed by atoms with van der Waals surface area (Å²) in [5.41, 5.74) is 1.80. The largest absolute Gasteiger partial charge is 0.497 e. The number of amides is 2. The number of anilines is 1. The zero-order valence-corrected chi connectivity index (χ0v) is 26.8. The normalized spacial score (nSPS) is 12.6. The van der Waals surface area contributed by atoms with Gasteiger partial charge in [-0.15, -0.1) is 0 Å². The predicted molar refractivity (Wildman–Crippen MR) is 169 cm³/mol. The van der Waals surface area contributed by atoms with E-state index in [-0.39, 0.29) is 34.8 Å². The Morgan fingerprint density at radius 2 is 1.64 bits per heavy atom. The highest BCUT2D eigenvalue weighted by Gasteiger charge is 2.35. The van der Waals surface area contributed by atoms with Crippen molar-refractivity contribution >= 4 is 33.2 Å². The third-order valence-corrected chi connectivity index (χ3v) is 9.36. The van der Waals surface area contributed by atoms with E-state index in [4.69, 9.17) is 4.74 Å². The Balaban J connectivity index is 2.13. The number of nitrogens with zero attached hydrogens (tertiary/aromatic N) is 3. The summed E-state index contributed by atoms with van der Waals surface area (Å²) in [6, 6.07) is 16.2. The molecule has 0 fully saturated rings. The summed E-state index contributed by atoms with van der Waals surface area (Å²) < 4.78 is 34.4. The summed E-state index contributed by atoms with van der Waals surface area (Å²) in [7, 11) is -3.02. The van der Waals surface area contributed by atoms with Crippen molar-refractivity contribution in [3.8, 4) is 5.75 Å². The molecule has 0 bridgehead atoms. The van der Waals surface area contributed by atoms with Crippen LogP contribution in [0.5, 0.6) is 5.75 Å². The number of nitro benzene ring substituents is 1. The van der Waals surface area contributed by atoms with E-state index in [0.717, 1.165) is 21.5 Å². The first-order valence-electron chi connectivity index (χ1n) is 14.4. The van der Waals surface area contributed by atoms with Gasteiger partial charge >= 0.3 is 0 Å². The van der Waals surface area contributed by atoms with Crippen molar-refractivity contribution in [1.29, 1.82) is 0 Å². The summed E-state index contributed by atoms with van der Waals surface area (Å²) in [6.45, 7) is 8.43. The first kappa shape index (κ1) is 34.0. The van der Waals surface area contributed by atoms with Crippen molar-refractivity contribution in [2.45, 2.75) is 71.0 Å². The maximum atomic E-state index is 14.2. The van der Waals surface area contributed by atoms with Gasteiger partial charge in [-0.1, -0.05) is 44.2 Å². The van der Waals surface area contributed by atoms with Gasteiger partial charge in [0.15, 0.2) is 0 Å². The van der Waals surface area contributed by atoms with Crippen LogP contribution in [0.2, 0.25) is 0 Å². The Morgan fingerprint density at radius 1 is 0.977 bits per heavy atom. The molecule has 3 aromatic carbocycles. The van der Waals surface area contributed by atoms with Gasteiger partial charge in [-0.05, 0) is 75.1 Å². The average molecular weight is 625 g/mol. The van der Waals surface area contributed by atoms with Crippen molar-refractivity contribution < 1.29 is 27.7 Å². The molecule has 1 N–H and O–H groups in total. The minimum Gasteiger partial charge on any atom is -0.497 e. The average Bonchev–Trinajstić information content (AvgIpc) is 3.00. The number of hydrogen-bond donors (Lipinski definition) is 1. The zero-order chi connectivity index (χ0) is 32.6. The minimum absolute atomic E-state index is 0.0739. The molecule has 0 unspecified atom stereocenters. The van der Waals surface area contributed by atoms with Gasteiger partial charge in [0.2, 0.25) is 11.8 Å². The van der Waals surface area contributed by atoms with Crippen molar-refractivity contribution in [2.75, 3.05) is 18.0 Å². The van der Waals surface area contributed by atoms with E-state index in [1.807, 2.05) is 45.0 Å². The van der Waals surface area contributed by atoms with Gasteiger partial charge in [0.25, 0.3) is 15.7 Å². The summed E-state index contributed by atoms with van der Waals surface area (Å²) in [6.07, 6.45) is 0.986. The second kappa shape index (κ2) is 14.8. The van der Waals surface area contributed by atoms with Crippen LogP contribution in [0.4, 0.5) is 11.4 Å². The monoisotopic (exact) mass is 624 g/mol. The molecule has 0 saturated carbocycles. The number of methoxy groups -OCH3 is 1. The molecule has 0 aliphatic carbocycles. The molecule has 0 saturated heterocycles.